The Labute approximate surface area is 165 Å². The summed E-state index contributed by atoms with van der Waals surface area (Å²) < 4.78 is 17.4. The second kappa shape index (κ2) is 6.63. The third-order valence-electron chi connectivity index (χ3n) is 4.71. The van der Waals surface area contributed by atoms with Crippen LogP contribution >= 0.6 is 15.9 Å². The summed E-state index contributed by atoms with van der Waals surface area (Å²) in [5, 5.41) is 9.66. The van der Waals surface area contributed by atoms with Gasteiger partial charge in [0.05, 0.1) is 24.4 Å². The van der Waals surface area contributed by atoms with Crippen LogP contribution in [0.4, 0.5) is 0 Å². The van der Waals surface area contributed by atoms with Crippen LogP contribution in [-0.2, 0) is 4.74 Å². The van der Waals surface area contributed by atoms with E-state index < -0.39 is 0 Å². The minimum atomic E-state index is -0.249. The molecule has 0 bridgehead atoms. The molecule has 1 aromatic carbocycles. The highest BCUT2D eigenvalue weighted by molar-refractivity contribution is 9.10. The molecule has 0 aromatic heterocycles. The van der Waals surface area contributed by atoms with E-state index in [4.69, 9.17) is 19.9 Å². The van der Waals surface area contributed by atoms with E-state index in [0.29, 0.717) is 29.4 Å². The second-order valence-corrected chi connectivity index (χ2v) is 6.97. The van der Waals surface area contributed by atoms with Crippen LogP contribution in [0.2, 0.25) is 0 Å². The van der Waals surface area contributed by atoms with Crippen LogP contribution in [0.5, 0.6) is 11.5 Å². The molecule has 2 heterocycles. The molecule has 136 valence electrons. The lowest BCUT2D eigenvalue weighted by atomic mass is 9.81. The van der Waals surface area contributed by atoms with Crippen molar-refractivity contribution in [2.45, 2.75) is 5.92 Å². The minimum Gasteiger partial charge on any atom is -0.493 e. The fourth-order valence-corrected chi connectivity index (χ4v) is 4.15. The Kier molecular flexibility index (Phi) is 4.28. The van der Waals surface area contributed by atoms with Crippen LogP contribution in [0.3, 0.4) is 0 Å². The molecule has 4 rings (SSSR count). The fourth-order valence-electron chi connectivity index (χ4n) is 3.53. The number of hydrogen-bond donors (Lipinski definition) is 1. The van der Waals surface area contributed by atoms with Gasteiger partial charge in [0.2, 0.25) is 0 Å². The number of nitriles is 1. The molecule has 0 fully saturated rings. The molecular formula is C20H16BrN3O3. The zero-order chi connectivity index (χ0) is 19.1. The highest BCUT2D eigenvalue weighted by Crippen LogP contribution is 2.48. The Balaban J connectivity index is 1.95. The fraction of sp³-hybridized carbons (Fsp3) is 0.200. The molecule has 0 radical (unpaired) electrons. The lowest BCUT2D eigenvalue weighted by molar-refractivity contribution is 0.248. The van der Waals surface area contributed by atoms with Gasteiger partial charge in [-0.15, -0.1) is 0 Å². The van der Waals surface area contributed by atoms with E-state index in [2.05, 4.69) is 27.0 Å². The molecule has 27 heavy (non-hydrogen) atoms. The highest BCUT2D eigenvalue weighted by atomic mass is 79.9. The number of halogens is 1. The molecule has 1 atom stereocenters. The van der Waals surface area contributed by atoms with Crippen molar-refractivity contribution in [3.8, 4) is 17.6 Å². The second-order valence-electron chi connectivity index (χ2n) is 6.12. The third kappa shape index (κ3) is 2.64. The van der Waals surface area contributed by atoms with E-state index in [1.807, 2.05) is 30.4 Å². The molecule has 2 aliphatic heterocycles. The average molecular weight is 426 g/mol. The predicted octanol–water partition coefficient (Wildman–Crippen LogP) is 3.48. The normalized spacial score (nSPS) is 20.3. The summed E-state index contributed by atoms with van der Waals surface area (Å²) >= 11 is 3.54. The maximum absolute atomic E-state index is 9.66. The summed E-state index contributed by atoms with van der Waals surface area (Å²) in [5.74, 6) is 1.92. The maximum atomic E-state index is 9.66. The molecule has 0 saturated carbocycles. The van der Waals surface area contributed by atoms with Crippen LogP contribution < -0.4 is 15.2 Å². The summed E-state index contributed by atoms with van der Waals surface area (Å²) in [6, 6.07) is 6.04. The van der Waals surface area contributed by atoms with Gasteiger partial charge in [-0.2, -0.15) is 5.26 Å². The Morgan fingerprint density at radius 3 is 2.85 bits per heavy atom. The van der Waals surface area contributed by atoms with Crippen molar-refractivity contribution < 1.29 is 14.2 Å². The number of nitrogens with zero attached hydrogens (tertiary/aromatic N) is 2. The zero-order valence-corrected chi connectivity index (χ0v) is 16.3. The number of hydrogen-bond acceptors (Lipinski definition) is 6. The Morgan fingerprint density at radius 1 is 1.33 bits per heavy atom. The van der Waals surface area contributed by atoms with Crippen LogP contribution in [0.25, 0.3) is 0 Å². The van der Waals surface area contributed by atoms with Gasteiger partial charge in [0, 0.05) is 17.1 Å². The summed E-state index contributed by atoms with van der Waals surface area (Å²) in [5.41, 5.74) is 9.66. The standard InChI is InChI=1S/C20H16BrN3O3/c1-25-16-7-10(6-14(21)19(16)26-2)12-8-15-11(4-3-5-27-15)18-17(12)13(9-22)20(23)24-18/h3-4,6-8,12H,5H2,1-2H3,(H2,23,24). The van der Waals surface area contributed by atoms with Crippen LogP contribution in [-0.4, -0.2) is 26.7 Å². The van der Waals surface area contributed by atoms with Crippen molar-refractivity contribution in [2.75, 3.05) is 20.8 Å². The van der Waals surface area contributed by atoms with E-state index in [1.54, 1.807) is 14.2 Å². The highest BCUT2D eigenvalue weighted by Gasteiger charge is 2.36. The minimum absolute atomic E-state index is 0.230. The molecule has 3 aliphatic rings. The quantitative estimate of drug-likeness (QED) is 0.800. The van der Waals surface area contributed by atoms with Crippen molar-refractivity contribution >= 4 is 21.8 Å². The third-order valence-corrected chi connectivity index (χ3v) is 5.30. The molecule has 0 amide bonds. The molecular weight excluding hydrogens is 410 g/mol. The Hall–Kier alpha value is -2.98. The molecule has 1 unspecified atom stereocenters. The maximum Gasteiger partial charge on any atom is 0.174 e. The number of benzene rings is 1. The van der Waals surface area contributed by atoms with Gasteiger partial charge in [-0.25, -0.2) is 4.99 Å². The number of rotatable bonds is 3. The number of methoxy groups -OCH3 is 2. The van der Waals surface area contributed by atoms with Crippen LogP contribution in [0, 0.1) is 11.3 Å². The van der Waals surface area contributed by atoms with E-state index in [0.717, 1.165) is 26.9 Å². The Morgan fingerprint density at radius 2 is 2.15 bits per heavy atom. The first-order valence-electron chi connectivity index (χ1n) is 8.25. The first-order chi connectivity index (χ1) is 13.1. The van der Waals surface area contributed by atoms with Gasteiger partial charge in [-0.1, -0.05) is 0 Å². The van der Waals surface area contributed by atoms with E-state index in [9.17, 15) is 5.26 Å². The van der Waals surface area contributed by atoms with Gasteiger partial charge >= 0.3 is 0 Å². The summed E-state index contributed by atoms with van der Waals surface area (Å²) in [6.45, 7) is 0.494. The summed E-state index contributed by atoms with van der Waals surface area (Å²) in [7, 11) is 3.17. The lowest BCUT2D eigenvalue weighted by Crippen LogP contribution is -2.15. The van der Waals surface area contributed by atoms with E-state index in [1.165, 1.54) is 0 Å². The van der Waals surface area contributed by atoms with Gasteiger partial charge in [0.1, 0.15) is 29.8 Å². The first kappa shape index (κ1) is 17.4. The topological polar surface area (TPSA) is 89.9 Å². The average Bonchev–Trinajstić information content (AvgIpc) is 3.02. The van der Waals surface area contributed by atoms with Crippen LogP contribution in [0.15, 0.2) is 68.0 Å². The van der Waals surface area contributed by atoms with Crippen molar-refractivity contribution in [1.82, 2.24) is 0 Å². The molecule has 1 aliphatic carbocycles. The number of fused-ring (bicyclic) bond motifs is 2. The number of nitrogens with two attached hydrogens (primary N) is 1. The first-order valence-corrected chi connectivity index (χ1v) is 9.04. The van der Waals surface area contributed by atoms with Crippen LogP contribution in [0.1, 0.15) is 11.5 Å². The van der Waals surface area contributed by atoms with Gasteiger partial charge in [0.15, 0.2) is 11.5 Å². The van der Waals surface area contributed by atoms with Gasteiger partial charge in [0.25, 0.3) is 0 Å². The number of aliphatic imine (C=N–C) groups is 1. The number of allylic oxidation sites excluding steroid dienone is 3. The van der Waals surface area contributed by atoms with Crippen molar-refractivity contribution in [3.05, 3.63) is 68.6 Å². The van der Waals surface area contributed by atoms with Crippen molar-refractivity contribution in [3.63, 3.8) is 0 Å². The zero-order valence-electron chi connectivity index (χ0n) is 14.7. The van der Waals surface area contributed by atoms with E-state index >= 15 is 0 Å². The largest absolute Gasteiger partial charge is 0.493 e. The van der Waals surface area contributed by atoms with Gasteiger partial charge < -0.3 is 19.9 Å². The SMILES string of the molecule is COc1cc(C2C=C3OCC=CC3=C3N=C(N)C(C#N)=C32)cc(Br)c1OC. The Bertz CT molecular complexity index is 1040. The predicted molar refractivity (Wildman–Crippen MR) is 104 cm³/mol. The molecule has 7 heteroatoms. The molecule has 0 saturated heterocycles. The van der Waals surface area contributed by atoms with Crippen molar-refractivity contribution in [1.29, 1.82) is 5.26 Å². The monoisotopic (exact) mass is 425 g/mol. The molecule has 6 nitrogen and oxygen atoms in total. The number of amidine groups is 1. The smallest absolute Gasteiger partial charge is 0.174 e. The van der Waals surface area contributed by atoms with Crippen molar-refractivity contribution in [2.24, 2.45) is 10.7 Å². The van der Waals surface area contributed by atoms with E-state index in [-0.39, 0.29) is 11.8 Å². The lowest BCUT2D eigenvalue weighted by Gasteiger charge is -2.27. The van der Waals surface area contributed by atoms with Gasteiger partial charge in [-0.05, 0) is 51.9 Å². The van der Waals surface area contributed by atoms with Gasteiger partial charge in [-0.3, -0.25) is 0 Å². The number of ether oxygens (including phenoxy) is 3. The summed E-state index contributed by atoms with van der Waals surface area (Å²) in [6.07, 6.45) is 5.88. The molecule has 2 N–H and O–H groups in total. The summed E-state index contributed by atoms with van der Waals surface area (Å²) in [4.78, 5) is 4.46. The molecule has 0 spiro atoms. The molecule has 1 aromatic rings.